The van der Waals surface area contributed by atoms with Gasteiger partial charge in [-0.3, -0.25) is 0 Å². The molecule has 0 heterocycles. The first kappa shape index (κ1) is 13.0. The van der Waals surface area contributed by atoms with Gasteiger partial charge in [-0.25, -0.2) is 0 Å². The molecule has 19 heavy (non-hydrogen) atoms. The number of phenolic OH excluding ortho intramolecular Hbond substituents is 1. The monoisotopic (exact) mass is 259 g/mol. The van der Waals surface area contributed by atoms with Gasteiger partial charge in [-0.15, -0.1) is 0 Å². The van der Waals surface area contributed by atoms with Crippen molar-refractivity contribution in [3.8, 4) is 5.75 Å². The van der Waals surface area contributed by atoms with Crippen LogP contribution in [-0.2, 0) is 6.42 Å². The lowest BCUT2D eigenvalue weighted by atomic mass is 9.93. The van der Waals surface area contributed by atoms with Crippen molar-refractivity contribution < 1.29 is 5.11 Å². The van der Waals surface area contributed by atoms with Crippen LogP contribution < -0.4 is 5.32 Å². The maximum atomic E-state index is 9.91. The van der Waals surface area contributed by atoms with E-state index in [1.54, 1.807) is 0 Å². The van der Waals surface area contributed by atoms with E-state index >= 15 is 0 Å². The molecule has 0 saturated heterocycles. The molecular formula is C17H25NO. The van der Waals surface area contributed by atoms with E-state index in [0.29, 0.717) is 17.8 Å². The molecule has 0 aromatic heterocycles. The molecule has 0 bridgehead atoms. The Morgan fingerprint density at radius 1 is 1.26 bits per heavy atom. The van der Waals surface area contributed by atoms with E-state index in [1.807, 2.05) is 12.1 Å². The number of hydrogen-bond donors (Lipinski definition) is 2. The zero-order chi connectivity index (χ0) is 13.4. The van der Waals surface area contributed by atoms with Gasteiger partial charge in [0.05, 0.1) is 0 Å². The van der Waals surface area contributed by atoms with Crippen LogP contribution in [0.25, 0.3) is 0 Å². The lowest BCUT2D eigenvalue weighted by Crippen LogP contribution is -2.35. The van der Waals surface area contributed by atoms with Crippen molar-refractivity contribution in [2.75, 3.05) is 0 Å². The summed E-state index contributed by atoms with van der Waals surface area (Å²) in [5.41, 5.74) is 2.49. The average Bonchev–Trinajstić information content (AvgIpc) is 2.97. The Morgan fingerprint density at radius 2 is 2.11 bits per heavy atom. The van der Waals surface area contributed by atoms with Crippen LogP contribution in [0.3, 0.4) is 0 Å². The van der Waals surface area contributed by atoms with Crippen LogP contribution in [0, 0.1) is 11.8 Å². The molecule has 3 rings (SSSR count). The van der Waals surface area contributed by atoms with Gasteiger partial charge in [0.1, 0.15) is 5.75 Å². The van der Waals surface area contributed by atoms with Crippen molar-refractivity contribution in [1.82, 2.24) is 5.32 Å². The first-order chi connectivity index (χ1) is 9.20. The number of hydrogen-bond acceptors (Lipinski definition) is 2. The second-order valence-electron chi connectivity index (χ2n) is 6.31. The molecule has 0 aliphatic heterocycles. The van der Waals surface area contributed by atoms with Gasteiger partial charge < -0.3 is 10.4 Å². The summed E-state index contributed by atoms with van der Waals surface area (Å²) in [5.74, 6) is 2.15. The number of aromatic hydroxyl groups is 1. The lowest BCUT2D eigenvalue weighted by molar-refractivity contribution is 0.320. The van der Waals surface area contributed by atoms with Crippen LogP contribution in [0.5, 0.6) is 5.75 Å². The number of phenols is 1. The van der Waals surface area contributed by atoms with E-state index < -0.39 is 0 Å². The highest BCUT2D eigenvalue weighted by Crippen LogP contribution is 2.40. The molecule has 0 amide bonds. The Labute approximate surface area is 116 Å². The predicted octanol–water partition coefficient (Wildman–Crippen LogP) is 3.79. The summed E-state index contributed by atoms with van der Waals surface area (Å²) >= 11 is 0. The van der Waals surface area contributed by atoms with Crippen LogP contribution in [0.1, 0.15) is 56.7 Å². The molecule has 0 radical (unpaired) electrons. The third-order valence-electron chi connectivity index (χ3n) is 5.41. The Bertz CT molecular complexity index is 457. The maximum Gasteiger partial charge on any atom is 0.119 e. The highest BCUT2D eigenvalue weighted by molar-refractivity contribution is 5.44. The van der Waals surface area contributed by atoms with Crippen molar-refractivity contribution >= 4 is 0 Å². The van der Waals surface area contributed by atoms with Gasteiger partial charge in [0.15, 0.2) is 0 Å². The Balaban J connectivity index is 1.72. The molecule has 4 unspecified atom stereocenters. The first-order valence-corrected chi connectivity index (χ1v) is 7.77. The number of rotatable bonds is 3. The smallest absolute Gasteiger partial charge is 0.119 e. The van der Waals surface area contributed by atoms with Crippen molar-refractivity contribution in [3.63, 3.8) is 0 Å². The molecule has 1 fully saturated rings. The Kier molecular flexibility index (Phi) is 3.53. The fraction of sp³-hybridized carbons (Fsp3) is 0.647. The molecule has 2 aliphatic carbocycles. The van der Waals surface area contributed by atoms with Crippen LogP contribution >= 0.6 is 0 Å². The molecule has 2 heteroatoms. The standard InChI is InChI=1S/C17H25NO/c1-3-12-7-9-15(11(12)2)18-16-10-8-14-13(16)5-4-6-17(14)19/h4-6,11-12,15-16,18-19H,3,7-10H2,1-2H3. The molecule has 1 aromatic rings. The van der Waals surface area contributed by atoms with Gasteiger partial charge in [0.2, 0.25) is 0 Å². The highest BCUT2D eigenvalue weighted by Gasteiger charge is 2.34. The second kappa shape index (κ2) is 5.16. The molecule has 1 aromatic carbocycles. The summed E-state index contributed by atoms with van der Waals surface area (Å²) in [5, 5.41) is 13.8. The van der Waals surface area contributed by atoms with Crippen molar-refractivity contribution in [2.45, 2.75) is 58.0 Å². The van der Waals surface area contributed by atoms with Gasteiger partial charge in [0.25, 0.3) is 0 Å². The van der Waals surface area contributed by atoms with Crippen molar-refractivity contribution in [2.24, 2.45) is 11.8 Å². The third kappa shape index (κ3) is 2.27. The normalized spacial score (nSPS) is 33.6. The molecule has 4 atom stereocenters. The van der Waals surface area contributed by atoms with E-state index in [0.717, 1.165) is 30.2 Å². The summed E-state index contributed by atoms with van der Waals surface area (Å²) in [4.78, 5) is 0. The van der Waals surface area contributed by atoms with Gasteiger partial charge >= 0.3 is 0 Å². The predicted molar refractivity (Wildman–Crippen MR) is 78.3 cm³/mol. The minimum atomic E-state index is 0.449. The third-order valence-corrected chi connectivity index (χ3v) is 5.41. The number of benzene rings is 1. The van der Waals surface area contributed by atoms with Gasteiger partial charge in [-0.05, 0) is 54.7 Å². The second-order valence-corrected chi connectivity index (χ2v) is 6.31. The average molecular weight is 259 g/mol. The quantitative estimate of drug-likeness (QED) is 0.865. The zero-order valence-electron chi connectivity index (χ0n) is 12.0. The maximum absolute atomic E-state index is 9.91. The largest absolute Gasteiger partial charge is 0.508 e. The van der Waals surface area contributed by atoms with E-state index in [1.165, 1.54) is 24.8 Å². The van der Waals surface area contributed by atoms with E-state index in [9.17, 15) is 5.11 Å². The van der Waals surface area contributed by atoms with Crippen molar-refractivity contribution in [1.29, 1.82) is 0 Å². The fourth-order valence-corrected chi connectivity index (χ4v) is 4.13. The van der Waals surface area contributed by atoms with Gasteiger partial charge in [-0.2, -0.15) is 0 Å². The summed E-state index contributed by atoms with van der Waals surface area (Å²) in [6.07, 6.45) is 6.13. The Hall–Kier alpha value is -1.02. The van der Waals surface area contributed by atoms with Gasteiger partial charge in [0, 0.05) is 12.1 Å². The SMILES string of the molecule is CCC1CCC(NC2CCc3c(O)cccc32)C1C. The molecule has 1 saturated carbocycles. The molecular weight excluding hydrogens is 234 g/mol. The van der Waals surface area contributed by atoms with Crippen LogP contribution in [0.15, 0.2) is 18.2 Å². The zero-order valence-corrected chi connectivity index (χ0v) is 12.0. The number of fused-ring (bicyclic) bond motifs is 1. The van der Waals surface area contributed by atoms with E-state index in [4.69, 9.17) is 0 Å². The van der Waals surface area contributed by atoms with E-state index in [2.05, 4.69) is 25.2 Å². The summed E-state index contributed by atoms with van der Waals surface area (Å²) in [6, 6.07) is 7.07. The molecule has 2 aliphatic rings. The molecule has 2 nitrogen and oxygen atoms in total. The summed E-state index contributed by atoms with van der Waals surface area (Å²) < 4.78 is 0. The molecule has 104 valence electrons. The number of nitrogens with one attached hydrogen (secondary N) is 1. The van der Waals surface area contributed by atoms with Crippen molar-refractivity contribution in [3.05, 3.63) is 29.3 Å². The highest BCUT2D eigenvalue weighted by atomic mass is 16.3. The molecule has 0 spiro atoms. The minimum absolute atomic E-state index is 0.449. The Morgan fingerprint density at radius 3 is 2.84 bits per heavy atom. The topological polar surface area (TPSA) is 32.3 Å². The van der Waals surface area contributed by atoms with Crippen LogP contribution in [0.4, 0.5) is 0 Å². The van der Waals surface area contributed by atoms with E-state index in [-0.39, 0.29) is 0 Å². The summed E-state index contributed by atoms with van der Waals surface area (Å²) in [7, 11) is 0. The first-order valence-electron chi connectivity index (χ1n) is 7.77. The lowest BCUT2D eigenvalue weighted by Gasteiger charge is -2.25. The minimum Gasteiger partial charge on any atom is -0.508 e. The fourth-order valence-electron chi connectivity index (χ4n) is 4.13. The van der Waals surface area contributed by atoms with Crippen LogP contribution in [-0.4, -0.2) is 11.1 Å². The van der Waals surface area contributed by atoms with Crippen LogP contribution in [0.2, 0.25) is 0 Å². The van der Waals surface area contributed by atoms with Gasteiger partial charge in [-0.1, -0.05) is 32.4 Å². The summed E-state index contributed by atoms with van der Waals surface area (Å²) in [6.45, 7) is 4.71. The molecule has 2 N–H and O–H groups in total.